The van der Waals surface area contributed by atoms with Gasteiger partial charge in [0.25, 0.3) is 5.91 Å². The number of benzene rings is 2. The van der Waals surface area contributed by atoms with Gasteiger partial charge in [-0.1, -0.05) is 36.4 Å². The van der Waals surface area contributed by atoms with Crippen LogP contribution in [0.5, 0.6) is 0 Å². The van der Waals surface area contributed by atoms with Gasteiger partial charge in [0.2, 0.25) is 0 Å². The number of nitrogens with one attached hydrogen (secondary N) is 1. The predicted molar refractivity (Wildman–Crippen MR) is 72.8 cm³/mol. The minimum absolute atomic E-state index is 0.0101. The van der Waals surface area contributed by atoms with Crippen LogP contribution in [0.3, 0.4) is 0 Å². The molecule has 0 heterocycles. The fourth-order valence-electron chi connectivity index (χ4n) is 2.61. The zero-order valence-corrected chi connectivity index (χ0v) is 10.7. The standard InChI is InChI=1S/C16H14FNO2/c17-13-8-4-3-7-12(13)16(20)18-15-11-6-2-1-5-10(11)9-14(15)19/h1-8,14-15,19H,9H2,(H,18,20)/t14-,15+/m0/s1. The molecule has 2 N–H and O–H groups in total. The van der Waals surface area contributed by atoms with Crippen molar-refractivity contribution in [2.24, 2.45) is 0 Å². The summed E-state index contributed by atoms with van der Waals surface area (Å²) in [4.78, 5) is 12.1. The van der Waals surface area contributed by atoms with Crippen molar-refractivity contribution in [3.05, 3.63) is 71.0 Å². The van der Waals surface area contributed by atoms with Gasteiger partial charge in [-0.3, -0.25) is 4.79 Å². The number of halogens is 1. The van der Waals surface area contributed by atoms with E-state index in [4.69, 9.17) is 0 Å². The van der Waals surface area contributed by atoms with E-state index in [1.807, 2.05) is 24.3 Å². The second kappa shape index (κ2) is 5.06. The molecule has 1 amide bonds. The Hall–Kier alpha value is -2.20. The van der Waals surface area contributed by atoms with Crippen molar-refractivity contribution >= 4 is 5.91 Å². The molecule has 0 bridgehead atoms. The Labute approximate surface area is 116 Å². The average molecular weight is 271 g/mol. The summed E-state index contributed by atoms with van der Waals surface area (Å²) < 4.78 is 13.6. The molecule has 3 rings (SSSR count). The molecule has 0 fully saturated rings. The molecule has 0 unspecified atom stereocenters. The normalized spacial score (nSPS) is 20.5. The van der Waals surface area contributed by atoms with Gasteiger partial charge in [0, 0.05) is 6.42 Å². The van der Waals surface area contributed by atoms with Crippen LogP contribution in [-0.4, -0.2) is 17.1 Å². The smallest absolute Gasteiger partial charge is 0.254 e. The van der Waals surface area contributed by atoms with E-state index in [2.05, 4.69) is 5.32 Å². The van der Waals surface area contributed by atoms with Crippen LogP contribution in [0.15, 0.2) is 48.5 Å². The van der Waals surface area contributed by atoms with Crippen molar-refractivity contribution in [2.75, 3.05) is 0 Å². The minimum Gasteiger partial charge on any atom is -0.390 e. The zero-order valence-electron chi connectivity index (χ0n) is 10.7. The van der Waals surface area contributed by atoms with Crippen LogP contribution in [-0.2, 0) is 6.42 Å². The first-order valence-corrected chi connectivity index (χ1v) is 6.48. The molecule has 102 valence electrons. The van der Waals surface area contributed by atoms with Crippen molar-refractivity contribution in [3.63, 3.8) is 0 Å². The van der Waals surface area contributed by atoms with Crippen LogP contribution in [0.1, 0.15) is 27.5 Å². The van der Waals surface area contributed by atoms with Crippen molar-refractivity contribution in [1.29, 1.82) is 0 Å². The van der Waals surface area contributed by atoms with Gasteiger partial charge >= 0.3 is 0 Å². The lowest BCUT2D eigenvalue weighted by atomic mass is 10.1. The van der Waals surface area contributed by atoms with Crippen LogP contribution < -0.4 is 5.32 Å². The monoisotopic (exact) mass is 271 g/mol. The van der Waals surface area contributed by atoms with E-state index < -0.39 is 23.9 Å². The lowest BCUT2D eigenvalue weighted by Crippen LogP contribution is -2.34. The van der Waals surface area contributed by atoms with Crippen LogP contribution in [0.25, 0.3) is 0 Å². The molecule has 2 atom stereocenters. The van der Waals surface area contributed by atoms with E-state index in [9.17, 15) is 14.3 Å². The SMILES string of the molecule is O=C(N[C@@H]1c2ccccc2C[C@@H]1O)c1ccccc1F. The van der Waals surface area contributed by atoms with Crippen LogP contribution in [0.2, 0.25) is 0 Å². The topological polar surface area (TPSA) is 49.3 Å². The first kappa shape index (κ1) is 12.8. The third-order valence-electron chi connectivity index (χ3n) is 3.61. The molecule has 1 aliphatic carbocycles. The van der Waals surface area contributed by atoms with Crippen LogP contribution in [0.4, 0.5) is 4.39 Å². The third kappa shape index (κ3) is 2.18. The molecule has 20 heavy (non-hydrogen) atoms. The molecular weight excluding hydrogens is 257 g/mol. The molecule has 3 nitrogen and oxygen atoms in total. The largest absolute Gasteiger partial charge is 0.390 e. The summed E-state index contributed by atoms with van der Waals surface area (Å²) in [6.45, 7) is 0. The summed E-state index contributed by atoms with van der Waals surface area (Å²) in [5.74, 6) is -1.07. The van der Waals surface area contributed by atoms with Gasteiger partial charge < -0.3 is 10.4 Å². The van der Waals surface area contributed by atoms with Gasteiger partial charge in [-0.25, -0.2) is 4.39 Å². The number of aliphatic hydroxyl groups is 1. The van der Waals surface area contributed by atoms with Gasteiger partial charge in [0.05, 0.1) is 17.7 Å². The highest BCUT2D eigenvalue weighted by molar-refractivity contribution is 5.94. The highest BCUT2D eigenvalue weighted by Gasteiger charge is 2.32. The highest BCUT2D eigenvalue weighted by Crippen LogP contribution is 2.31. The maximum atomic E-state index is 13.6. The maximum absolute atomic E-state index is 13.6. The Balaban J connectivity index is 1.85. The molecule has 0 saturated carbocycles. The third-order valence-corrected chi connectivity index (χ3v) is 3.61. The molecule has 2 aromatic carbocycles. The molecule has 0 saturated heterocycles. The van der Waals surface area contributed by atoms with E-state index in [0.29, 0.717) is 6.42 Å². The first-order valence-electron chi connectivity index (χ1n) is 6.48. The second-order valence-electron chi connectivity index (χ2n) is 4.90. The van der Waals surface area contributed by atoms with Crippen LogP contribution >= 0.6 is 0 Å². The number of amides is 1. The summed E-state index contributed by atoms with van der Waals surface area (Å²) in [5.41, 5.74) is 1.90. The number of carbonyl (C=O) groups is 1. The predicted octanol–water partition coefficient (Wildman–Crippen LogP) is 2.21. The van der Waals surface area contributed by atoms with Gasteiger partial charge in [-0.2, -0.15) is 0 Å². The second-order valence-corrected chi connectivity index (χ2v) is 4.90. The highest BCUT2D eigenvalue weighted by atomic mass is 19.1. The number of fused-ring (bicyclic) bond motifs is 1. The van der Waals surface area contributed by atoms with Crippen molar-refractivity contribution < 1.29 is 14.3 Å². The summed E-state index contributed by atoms with van der Waals surface area (Å²) in [6, 6.07) is 12.9. The number of hydrogen-bond acceptors (Lipinski definition) is 2. The first-order chi connectivity index (χ1) is 9.66. The van der Waals surface area contributed by atoms with Crippen LogP contribution in [0, 0.1) is 5.82 Å². The Morgan fingerprint density at radius 1 is 1.15 bits per heavy atom. The lowest BCUT2D eigenvalue weighted by molar-refractivity contribution is 0.0854. The number of carbonyl (C=O) groups excluding carboxylic acids is 1. The summed E-state index contributed by atoms with van der Waals surface area (Å²) in [5, 5.41) is 12.8. The molecule has 0 aromatic heterocycles. The van der Waals surface area contributed by atoms with Crippen molar-refractivity contribution in [1.82, 2.24) is 5.32 Å². The van der Waals surface area contributed by atoms with E-state index in [-0.39, 0.29) is 5.56 Å². The molecule has 2 aromatic rings. The maximum Gasteiger partial charge on any atom is 0.254 e. The lowest BCUT2D eigenvalue weighted by Gasteiger charge is -2.18. The van der Waals surface area contributed by atoms with E-state index in [0.717, 1.165) is 11.1 Å². The molecule has 0 aliphatic heterocycles. The zero-order chi connectivity index (χ0) is 14.1. The van der Waals surface area contributed by atoms with Crippen molar-refractivity contribution in [2.45, 2.75) is 18.6 Å². The molecule has 0 radical (unpaired) electrons. The van der Waals surface area contributed by atoms with Gasteiger partial charge in [0.15, 0.2) is 0 Å². The Morgan fingerprint density at radius 3 is 2.65 bits per heavy atom. The fraction of sp³-hybridized carbons (Fsp3) is 0.188. The molecular formula is C16H14FNO2. The van der Waals surface area contributed by atoms with E-state index in [1.54, 1.807) is 6.07 Å². The van der Waals surface area contributed by atoms with E-state index in [1.165, 1.54) is 18.2 Å². The summed E-state index contributed by atoms with van der Waals surface area (Å²) in [7, 11) is 0. The number of rotatable bonds is 2. The van der Waals surface area contributed by atoms with Gasteiger partial charge in [-0.15, -0.1) is 0 Å². The fourth-order valence-corrected chi connectivity index (χ4v) is 2.61. The van der Waals surface area contributed by atoms with Gasteiger partial charge in [0.1, 0.15) is 5.82 Å². The quantitative estimate of drug-likeness (QED) is 0.880. The van der Waals surface area contributed by atoms with Crippen molar-refractivity contribution in [3.8, 4) is 0 Å². The Bertz CT molecular complexity index is 656. The molecule has 1 aliphatic rings. The molecule has 4 heteroatoms. The number of hydrogen-bond donors (Lipinski definition) is 2. The Kier molecular flexibility index (Phi) is 3.24. The number of aliphatic hydroxyl groups excluding tert-OH is 1. The average Bonchev–Trinajstić information content (AvgIpc) is 2.76. The minimum atomic E-state index is -0.678. The summed E-state index contributed by atoms with van der Waals surface area (Å²) in [6.07, 6.45) is -0.179. The van der Waals surface area contributed by atoms with Gasteiger partial charge in [-0.05, 0) is 23.3 Å². The summed E-state index contributed by atoms with van der Waals surface area (Å²) >= 11 is 0. The Morgan fingerprint density at radius 2 is 1.85 bits per heavy atom. The van der Waals surface area contributed by atoms with E-state index >= 15 is 0 Å². The molecule has 0 spiro atoms.